The highest BCUT2D eigenvalue weighted by Gasteiger charge is 2.55. The molecule has 0 aliphatic carbocycles. The summed E-state index contributed by atoms with van der Waals surface area (Å²) < 4.78 is 38.5. The Hall–Kier alpha value is -1.33. The van der Waals surface area contributed by atoms with Crippen molar-refractivity contribution in [1.29, 1.82) is 0 Å². The highest BCUT2D eigenvalue weighted by molar-refractivity contribution is 5.73. The van der Waals surface area contributed by atoms with Gasteiger partial charge in [-0.3, -0.25) is 4.79 Å². The Kier molecular flexibility index (Phi) is 13.8. The lowest BCUT2D eigenvalue weighted by atomic mass is 9.94. The zero-order valence-corrected chi connectivity index (χ0v) is 25.5. The van der Waals surface area contributed by atoms with Crippen LogP contribution in [0.4, 0.5) is 0 Å². The first-order valence-electron chi connectivity index (χ1n) is 15.1. The number of rotatable bonds is 11. The highest BCUT2D eigenvalue weighted by Crippen LogP contribution is 2.34. The van der Waals surface area contributed by atoms with Crippen molar-refractivity contribution < 1.29 is 104 Å². The number of aliphatic hydroxyl groups excluding tert-OH is 13. The summed E-state index contributed by atoms with van der Waals surface area (Å²) in [7, 11) is 0. The predicted octanol–water partition coefficient (Wildman–Crippen LogP) is -9.61. The molecule has 4 heterocycles. The normalized spacial score (nSPS) is 50.2. The molecule has 22 nitrogen and oxygen atoms in total. The maximum atomic E-state index is 12.2. The van der Waals surface area contributed by atoms with Gasteiger partial charge in [-0.25, -0.2) is 0 Å². The number of nitrogens with one attached hydrogen (secondary N) is 1. The van der Waals surface area contributed by atoms with Crippen LogP contribution < -0.4 is 5.32 Å². The minimum absolute atomic E-state index is 0.755. The molecule has 22 heteroatoms. The fourth-order valence-electron chi connectivity index (χ4n) is 5.95. The second-order valence-corrected chi connectivity index (χ2v) is 11.9. The first kappa shape index (κ1) is 39.5. The SMILES string of the molecule is CC(=O)N[C@H]1C(O)[C@H](O[C@@H]2OC(CO)[C@H](O)C(O)[C@@H]2O)C(CO)O[C@H]1OC1[C@@H](O)C(CO)O[C@@H](O[C@@H]2C(CO)O[C@@H](O)[C@@H](O)C2O)[C@H]1O. The maximum absolute atomic E-state index is 12.2. The van der Waals surface area contributed by atoms with Gasteiger partial charge in [0.2, 0.25) is 5.91 Å². The smallest absolute Gasteiger partial charge is 0.217 e. The summed E-state index contributed by atoms with van der Waals surface area (Å²) in [5, 5.41) is 136. The Morgan fingerprint density at radius 1 is 0.500 bits per heavy atom. The van der Waals surface area contributed by atoms with Crippen molar-refractivity contribution in [2.24, 2.45) is 0 Å². The van der Waals surface area contributed by atoms with Crippen molar-refractivity contribution in [3.8, 4) is 0 Å². The summed E-state index contributed by atoms with van der Waals surface area (Å²) in [5.74, 6) is -0.755. The summed E-state index contributed by atoms with van der Waals surface area (Å²) in [4.78, 5) is 12.2. The van der Waals surface area contributed by atoms with E-state index in [4.69, 9.17) is 33.2 Å². The average Bonchev–Trinajstić information content (AvgIpc) is 3.06. The summed E-state index contributed by atoms with van der Waals surface area (Å²) in [6.45, 7) is -2.37. The van der Waals surface area contributed by atoms with Crippen molar-refractivity contribution in [1.82, 2.24) is 5.32 Å². The van der Waals surface area contributed by atoms with Gasteiger partial charge < -0.3 is 105 Å². The molecule has 14 N–H and O–H groups in total. The van der Waals surface area contributed by atoms with Gasteiger partial charge in [0.1, 0.15) is 97.6 Å². The van der Waals surface area contributed by atoms with Crippen molar-refractivity contribution in [3.63, 3.8) is 0 Å². The summed E-state index contributed by atoms with van der Waals surface area (Å²) in [6.07, 6.45) is -33.5. The number of hydrogen-bond acceptors (Lipinski definition) is 21. The van der Waals surface area contributed by atoms with Crippen LogP contribution in [0.2, 0.25) is 0 Å². The standard InChI is InChI=1S/C26H45NO21/c1-6(32)27-11-14(35)20(46-25-18(39)15(36)12(33)7(2-28)43-25)10(5-31)45-24(11)48-22-13(34)8(3-29)44-26(19(22)40)47-21-9(4-30)42-23(41)17(38)16(21)37/h7-26,28-31,33-41H,2-5H2,1H3,(H,27,32)/t7?,8?,9?,10?,11-,12-,13-,14?,15?,16?,17-,18-,19-,20+,21+,22?,23+,24-,25-,26-/m0/s1. The number of hydrogen-bond donors (Lipinski definition) is 14. The zero-order chi connectivity index (χ0) is 35.6. The third-order valence-electron chi connectivity index (χ3n) is 8.61. The van der Waals surface area contributed by atoms with E-state index in [1.165, 1.54) is 0 Å². The molecule has 20 atom stereocenters. The van der Waals surface area contributed by atoms with Crippen molar-refractivity contribution in [2.75, 3.05) is 26.4 Å². The Labute approximate surface area is 272 Å². The number of carbonyl (C=O) groups excluding carboxylic acids is 1. The minimum Gasteiger partial charge on any atom is -0.394 e. The van der Waals surface area contributed by atoms with Crippen molar-refractivity contribution in [2.45, 2.75) is 130 Å². The van der Waals surface area contributed by atoms with Crippen molar-refractivity contribution in [3.05, 3.63) is 0 Å². The van der Waals surface area contributed by atoms with Crippen LogP contribution in [0.5, 0.6) is 0 Å². The Morgan fingerprint density at radius 2 is 0.958 bits per heavy atom. The van der Waals surface area contributed by atoms with Gasteiger partial charge in [-0.1, -0.05) is 0 Å². The molecule has 0 aromatic heterocycles. The van der Waals surface area contributed by atoms with Crippen LogP contribution in [0.25, 0.3) is 0 Å². The quantitative estimate of drug-likeness (QED) is 0.0947. The van der Waals surface area contributed by atoms with Gasteiger partial charge >= 0.3 is 0 Å². The molecular formula is C26H45NO21. The Bertz CT molecular complexity index is 1030. The first-order chi connectivity index (χ1) is 22.7. The molecule has 0 spiro atoms. The Balaban J connectivity index is 1.56. The number of ether oxygens (including phenoxy) is 7. The first-order valence-corrected chi connectivity index (χ1v) is 15.1. The van der Waals surface area contributed by atoms with Crippen LogP contribution in [0.15, 0.2) is 0 Å². The van der Waals surface area contributed by atoms with Crippen LogP contribution in [0, 0.1) is 0 Å². The molecule has 8 unspecified atom stereocenters. The summed E-state index contributed by atoms with van der Waals surface area (Å²) in [5.41, 5.74) is 0. The molecular weight excluding hydrogens is 662 g/mol. The molecule has 4 saturated heterocycles. The van der Waals surface area contributed by atoms with E-state index in [1.807, 2.05) is 0 Å². The van der Waals surface area contributed by atoms with Gasteiger partial charge in [-0.15, -0.1) is 0 Å². The zero-order valence-electron chi connectivity index (χ0n) is 25.5. The van der Waals surface area contributed by atoms with E-state index in [0.29, 0.717) is 0 Å². The predicted molar refractivity (Wildman–Crippen MR) is 145 cm³/mol. The lowest BCUT2D eigenvalue weighted by Gasteiger charge is -2.49. The number of amides is 1. The molecule has 1 amide bonds. The van der Waals surface area contributed by atoms with E-state index < -0.39 is 155 Å². The second kappa shape index (κ2) is 16.8. The van der Waals surface area contributed by atoms with E-state index in [-0.39, 0.29) is 0 Å². The number of aliphatic hydroxyl groups is 13. The Morgan fingerprint density at radius 3 is 1.50 bits per heavy atom. The van der Waals surface area contributed by atoms with Gasteiger partial charge in [0.25, 0.3) is 0 Å². The molecule has 0 bridgehead atoms. The largest absolute Gasteiger partial charge is 0.394 e. The second-order valence-electron chi connectivity index (χ2n) is 11.9. The van der Waals surface area contributed by atoms with E-state index in [2.05, 4.69) is 5.32 Å². The summed E-state index contributed by atoms with van der Waals surface area (Å²) in [6, 6.07) is -1.61. The molecule has 48 heavy (non-hydrogen) atoms. The third-order valence-corrected chi connectivity index (χ3v) is 8.61. The summed E-state index contributed by atoms with van der Waals surface area (Å²) >= 11 is 0. The van der Waals surface area contributed by atoms with E-state index in [0.717, 1.165) is 6.92 Å². The van der Waals surface area contributed by atoms with Crippen LogP contribution in [-0.4, -0.2) is 221 Å². The fourth-order valence-corrected chi connectivity index (χ4v) is 5.95. The van der Waals surface area contributed by atoms with Crippen LogP contribution >= 0.6 is 0 Å². The topological polar surface area (TPSA) is 357 Å². The van der Waals surface area contributed by atoms with Crippen LogP contribution in [0.3, 0.4) is 0 Å². The fraction of sp³-hybridized carbons (Fsp3) is 0.962. The molecule has 4 rings (SSSR count). The highest BCUT2D eigenvalue weighted by atomic mass is 16.8. The van der Waals surface area contributed by atoms with Crippen molar-refractivity contribution >= 4 is 5.91 Å². The lowest BCUT2D eigenvalue weighted by molar-refractivity contribution is -0.380. The molecule has 4 aliphatic rings. The molecule has 0 aromatic carbocycles. The third kappa shape index (κ3) is 8.08. The lowest BCUT2D eigenvalue weighted by Crippen LogP contribution is -2.69. The molecule has 4 fully saturated rings. The molecule has 4 aliphatic heterocycles. The van der Waals surface area contributed by atoms with Crippen LogP contribution in [-0.2, 0) is 38.0 Å². The monoisotopic (exact) mass is 707 g/mol. The van der Waals surface area contributed by atoms with Gasteiger partial charge in [-0.2, -0.15) is 0 Å². The molecule has 0 aromatic rings. The van der Waals surface area contributed by atoms with Crippen LogP contribution in [0.1, 0.15) is 6.92 Å². The van der Waals surface area contributed by atoms with Gasteiger partial charge in [0.15, 0.2) is 25.2 Å². The molecule has 0 radical (unpaired) electrons. The van der Waals surface area contributed by atoms with Gasteiger partial charge in [-0.05, 0) is 0 Å². The maximum Gasteiger partial charge on any atom is 0.217 e. The number of carbonyl (C=O) groups is 1. The van der Waals surface area contributed by atoms with Gasteiger partial charge in [0, 0.05) is 6.92 Å². The molecule has 280 valence electrons. The van der Waals surface area contributed by atoms with E-state index in [9.17, 15) is 71.2 Å². The average molecular weight is 708 g/mol. The van der Waals surface area contributed by atoms with E-state index in [1.54, 1.807) is 0 Å². The minimum atomic E-state index is -2.02. The van der Waals surface area contributed by atoms with Gasteiger partial charge in [0.05, 0.1) is 26.4 Å². The van der Waals surface area contributed by atoms with E-state index >= 15 is 0 Å². The molecule has 0 saturated carbocycles.